The van der Waals surface area contributed by atoms with Crippen molar-refractivity contribution in [2.75, 3.05) is 0 Å². The lowest BCUT2D eigenvalue weighted by Gasteiger charge is -2.14. The van der Waals surface area contributed by atoms with E-state index in [9.17, 15) is 12.8 Å². The number of ether oxygens (including phenoxy) is 1. The molecular formula is C21H21FN2O3S. The van der Waals surface area contributed by atoms with E-state index in [1.54, 1.807) is 32.0 Å². The first-order chi connectivity index (χ1) is 13.3. The van der Waals surface area contributed by atoms with Crippen LogP contribution in [-0.2, 0) is 16.6 Å². The maximum absolute atomic E-state index is 13.4. The van der Waals surface area contributed by atoms with E-state index in [0.29, 0.717) is 16.7 Å². The minimum Gasteiger partial charge on any atom is -0.439 e. The molecule has 0 saturated carbocycles. The van der Waals surface area contributed by atoms with Crippen LogP contribution in [0.25, 0.3) is 0 Å². The smallest absolute Gasteiger partial charge is 0.241 e. The van der Waals surface area contributed by atoms with Gasteiger partial charge in [-0.05, 0) is 50.1 Å². The number of aromatic nitrogens is 1. The Kier molecular flexibility index (Phi) is 5.76. The van der Waals surface area contributed by atoms with E-state index in [1.165, 1.54) is 24.4 Å². The highest BCUT2D eigenvalue weighted by molar-refractivity contribution is 7.89. The third-order valence-electron chi connectivity index (χ3n) is 4.19. The molecule has 146 valence electrons. The minimum absolute atomic E-state index is 0.00637. The van der Waals surface area contributed by atoms with Gasteiger partial charge in [-0.15, -0.1) is 0 Å². The summed E-state index contributed by atoms with van der Waals surface area (Å²) in [4.78, 5) is 4.42. The van der Waals surface area contributed by atoms with Crippen LogP contribution >= 0.6 is 0 Å². The molecule has 0 amide bonds. The fraction of sp³-hybridized carbons (Fsp3) is 0.190. The van der Waals surface area contributed by atoms with Crippen molar-refractivity contribution in [3.05, 3.63) is 82.8 Å². The van der Waals surface area contributed by atoms with Crippen LogP contribution in [0.3, 0.4) is 0 Å². The molecule has 0 fully saturated rings. The second-order valence-corrected chi connectivity index (χ2v) is 8.28. The summed E-state index contributed by atoms with van der Waals surface area (Å²) < 4.78 is 47.3. The Bertz CT molecular complexity index is 1090. The summed E-state index contributed by atoms with van der Waals surface area (Å²) in [5.74, 6) is 0.0715. The Labute approximate surface area is 164 Å². The van der Waals surface area contributed by atoms with Crippen LogP contribution in [0.2, 0.25) is 0 Å². The molecule has 0 unspecified atom stereocenters. The van der Waals surface area contributed by atoms with Gasteiger partial charge in [0.25, 0.3) is 0 Å². The number of hydrogen-bond donors (Lipinski definition) is 1. The van der Waals surface area contributed by atoms with Crippen molar-refractivity contribution in [3.8, 4) is 11.6 Å². The van der Waals surface area contributed by atoms with E-state index in [-0.39, 0.29) is 23.1 Å². The van der Waals surface area contributed by atoms with Gasteiger partial charge in [-0.1, -0.05) is 29.8 Å². The second-order valence-electron chi connectivity index (χ2n) is 6.58. The first-order valence-corrected chi connectivity index (χ1v) is 10.2. The molecule has 3 rings (SSSR count). The third kappa shape index (κ3) is 4.55. The molecule has 1 heterocycles. The van der Waals surface area contributed by atoms with Crippen LogP contribution in [0, 0.1) is 26.6 Å². The van der Waals surface area contributed by atoms with Crippen LogP contribution < -0.4 is 9.46 Å². The molecule has 0 atom stereocenters. The number of sulfonamides is 1. The van der Waals surface area contributed by atoms with Crippen molar-refractivity contribution >= 4 is 10.0 Å². The quantitative estimate of drug-likeness (QED) is 0.665. The third-order valence-corrected chi connectivity index (χ3v) is 5.89. The SMILES string of the molecule is Cc1cc(C)c(S(=O)(=O)NCc2cccnc2Oc2cccc(F)c2)c(C)c1. The molecule has 28 heavy (non-hydrogen) atoms. The Morgan fingerprint density at radius 1 is 1.04 bits per heavy atom. The monoisotopic (exact) mass is 400 g/mol. The highest BCUT2D eigenvalue weighted by atomic mass is 32.2. The van der Waals surface area contributed by atoms with Gasteiger partial charge in [-0.25, -0.2) is 22.5 Å². The Balaban J connectivity index is 1.83. The summed E-state index contributed by atoms with van der Waals surface area (Å²) in [6.45, 7) is 5.47. The number of rotatable bonds is 6. The number of halogens is 1. The summed E-state index contributed by atoms with van der Waals surface area (Å²) in [6.07, 6.45) is 1.53. The van der Waals surface area contributed by atoms with Gasteiger partial charge >= 0.3 is 0 Å². The Morgan fingerprint density at radius 3 is 2.43 bits per heavy atom. The highest BCUT2D eigenvalue weighted by Gasteiger charge is 2.20. The minimum atomic E-state index is -3.73. The summed E-state index contributed by atoms with van der Waals surface area (Å²) in [5.41, 5.74) is 2.92. The molecule has 0 radical (unpaired) electrons. The largest absolute Gasteiger partial charge is 0.439 e. The lowest BCUT2D eigenvalue weighted by Crippen LogP contribution is -2.25. The summed E-state index contributed by atoms with van der Waals surface area (Å²) in [7, 11) is -3.73. The first kappa shape index (κ1) is 20.0. The van der Waals surface area contributed by atoms with Gasteiger partial charge in [0.2, 0.25) is 15.9 Å². The maximum Gasteiger partial charge on any atom is 0.241 e. The Hall–Kier alpha value is -2.77. The molecule has 2 aromatic carbocycles. The summed E-state index contributed by atoms with van der Waals surface area (Å²) in [5, 5.41) is 0. The van der Waals surface area contributed by atoms with E-state index < -0.39 is 15.8 Å². The maximum atomic E-state index is 13.4. The molecule has 3 aromatic rings. The van der Waals surface area contributed by atoms with E-state index >= 15 is 0 Å². The van der Waals surface area contributed by atoms with Crippen LogP contribution in [0.5, 0.6) is 11.6 Å². The zero-order valence-corrected chi connectivity index (χ0v) is 16.7. The zero-order valence-electron chi connectivity index (χ0n) is 15.9. The molecular weight excluding hydrogens is 379 g/mol. The molecule has 0 aliphatic heterocycles. The molecule has 0 spiro atoms. The van der Waals surface area contributed by atoms with Gasteiger partial charge < -0.3 is 4.74 Å². The Morgan fingerprint density at radius 2 is 1.75 bits per heavy atom. The standard InChI is InChI=1S/C21H21FN2O3S/c1-14-10-15(2)20(16(3)11-14)28(25,26)24-13-17-6-5-9-23-21(17)27-19-8-4-7-18(22)12-19/h4-12,24H,13H2,1-3H3. The fourth-order valence-corrected chi connectivity index (χ4v) is 4.58. The first-order valence-electron chi connectivity index (χ1n) is 8.71. The summed E-state index contributed by atoms with van der Waals surface area (Å²) in [6, 6.07) is 12.7. The lowest BCUT2D eigenvalue weighted by atomic mass is 10.1. The number of nitrogens with zero attached hydrogens (tertiary/aromatic N) is 1. The predicted molar refractivity (Wildman–Crippen MR) is 105 cm³/mol. The average molecular weight is 400 g/mol. The summed E-state index contributed by atoms with van der Waals surface area (Å²) >= 11 is 0. The van der Waals surface area contributed by atoms with Gasteiger partial charge in [0.15, 0.2) is 0 Å². The van der Waals surface area contributed by atoms with Crippen molar-refractivity contribution in [2.24, 2.45) is 0 Å². The second kappa shape index (κ2) is 8.08. The van der Waals surface area contributed by atoms with Gasteiger partial charge in [0.05, 0.1) is 4.90 Å². The number of aryl methyl sites for hydroxylation is 3. The molecule has 0 aliphatic carbocycles. The average Bonchev–Trinajstić information content (AvgIpc) is 2.60. The van der Waals surface area contributed by atoms with E-state index in [4.69, 9.17) is 4.74 Å². The van der Waals surface area contributed by atoms with Crippen molar-refractivity contribution < 1.29 is 17.5 Å². The predicted octanol–water partition coefficient (Wildman–Crippen LogP) is 4.42. The highest BCUT2D eigenvalue weighted by Crippen LogP contribution is 2.25. The lowest BCUT2D eigenvalue weighted by molar-refractivity contribution is 0.451. The molecule has 0 bridgehead atoms. The number of pyridine rings is 1. The van der Waals surface area contributed by atoms with Crippen LogP contribution in [0.4, 0.5) is 4.39 Å². The molecule has 0 aliphatic rings. The molecule has 1 N–H and O–H groups in total. The normalized spacial score (nSPS) is 11.4. The molecule has 0 saturated heterocycles. The van der Waals surface area contributed by atoms with Crippen molar-refractivity contribution in [3.63, 3.8) is 0 Å². The van der Waals surface area contributed by atoms with Crippen molar-refractivity contribution in [1.82, 2.24) is 9.71 Å². The van der Waals surface area contributed by atoms with E-state index in [0.717, 1.165) is 5.56 Å². The van der Waals surface area contributed by atoms with Gasteiger partial charge in [0.1, 0.15) is 11.6 Å². The van der Waals surface area contributed by atoms with Gasteiger partial charge in [-0.3, -0.25) is 0 Å². The van der Waals surface area contributed by atoms with E-state index in [1.807, 2.05) is 19.1 Å². The number of nitrogens with one attached hydrogen (secondary N) is 1. The van der Waals surface area contributed by atoms with Gasteiger partial charge in [-0.2, -0.15) is 0 Å². The van der Waals surface area contributed by atoms with Crippen LogP contribution in [-0.4, -0.2) is 13.4 Å². The van der Waals surface area contributed by atoms with Crippen molar-refractivity contribution in [2.45, 2.75) is 32.2 Å². The fourth-order valence-electron chi connectivity index (χ4n) is 3.13. The van der Waals surface area contributed by atoms with Crippen LogP contribution in [0.1, 0.15) is 22.3 Å². The number of benzene rings is 2. The molecule has 1 aromatic heterocycles. The molecule has 5 nitrogen and oxygen atoms in total. The van der Waals surface area contributed by atoms with Crippen molar-refractivity contribution in [1.29, 1.82) is 0 Å². The van der Waals surface area contributed by atoms with Gasteiger partial charge in [0, 0.05) is 24.4 Å². The zero-order chi connectivity index (χ0) is 20.3. The topological polar surface area (TPSA) is 68.3 Å². The van der Waals surface area contributed by atoms with E-state index in [2.05, 4.69) is 9.71 Å². The van der Waals surface area contributed by atoms with Crippen LogP contribution in [0.15, 0.2) is 59.6 Å². The number of hydrogen-bond acceptors (Lipinski definition) is 4. The molecule has 7 heteroatoms.